The minimum Gasteiger partial charge on any atom is -0.497 e. The van der Waals surface area contributed by atoms with Crippen LogP contribution in [0.25, 0.3) is 6.08 Å². The maximum Gasteiger partial charge on any atom is 0.258 e. The molecule has 34 heavy (non-hydrogen) atoms. The van der Waals surface area contributed by atoms with Crippen LogP contribution in [0.15, 0.2) is 48.5 Å². The zero-order chi connectivity index (χ0) is 24.1. The van der Waals surface area contributed by atoms with Gasteiger partial charge in [-0.3, -0.25) is 9.59 Å². The molecule has 176 valence electrons. The van der Waals surface area contributed by atoms with Gasteiger partial charge in [0.15, 0.2) is 11.5 Å². The molecule has 0 saturated heterocycles. The van der Waals surface area contributed by atoms with E-state index >= 15 is 0 Å². The molecule has 0 bridgehead atoms. The van der Waals surface area contributed by atoms with Crippen molar-refractivity contribution in [3.8, 4) is 17.2 Å². The van der Waals surface area contributed by atoms with Gasteiger partial charge in [-0.1, -0.05) is 6.07 Å². The molecule has 2 aromatic carbocycles. The molecule has 2 amide bonds. The third-order valence-electron chi connectivity index (χ3n) is 5.57. The quantitative estimate of drug-likeness (QED) is 0.437. The predicted molar refractivity (Wildman–Crippen MR) is 135 cm³/mol. The molecule has 8 heteroatoms. The van der Waals surface area contributed by atoms with E-state index in [4.69, 9.17) is 14.2 Å². The Kier molecular flexibility index (Phi) is 7.18. The number of fused-ring (bicyclic) bond motifs is 1. The second-order valence-electron chi connectivity index (χ2n) is 7.68. The lowest BCUT2D eigenvalue weighted by Crippen LogP contribution is -2.16. The normalized spacial score (nSPS) is 12.3. The summed E-state index contributed by atoms with van der Waals surface area (Å²) in [5.74, 6) is 1.36. The number of rotatable bonds is 8. The summed E-state index contributed by atoms with van der Waals surface area (Å²) >= 11 is 1.47. The minimum absolute atomic E-state index is 0.233. The Morgan fingerprint density at radius 3 is 2.38 bits per heavy atom. The van der Waals surface area contributed by atoms with Crippen LogP contribution >= 0.6 is 11.3 Å². The summed E-state index contributed by atoms with van der Waals surface area (Å²) in [6, 6.07) is 12.5. The standard InChI is InChI=1S/C26H26N2O5S/c1-31-18-11-9-17(10-12-18)27-25(30)24-19-5-4-6-22(19)34-26(24)28-23(29)14-8-16-7-13-20(32-2)21(15-16)33-3/h7-15H,4-6H2,1-3H3,(H,27,30)(H,28,29)/b14-8+. The Hall–Kier alpha value is -3.78. The highest BCUT2D eigenvalue weighted by Gasteiger charge is 2.27. The van der Waals surface area contributed by atoms with Crippen molar-refractivity contribution in [3.05, 3.63) is 70.1 Å². The smallest absolute Gasteiger partial charge is 0.258 e. The number of benzene rings is 2. The molecular formula is C26H26N2O5S. The number of thiophene rings is 1. The lowest BCUT2D eigenvalue weighted by molar-refractivity contribution is -0.111. The Bertz CT molecular complexity index is 1230. The van der Waals surface area contributed by atoms with E-state index in [2.05, 4.69) is 10.6 Å². The predicted octanol–water partition coefficient (Wildman–Crippen LogP) is 5.17. The highest BCUT2D eigenvalue weighted by atomic mass is 32.1. The van der Waals surface area contributed by atoms with Crippen molar-refractivity contribution in [2.24, 2.45) is 0 Å². The van der Waals surface area contributed by atoms with Gasteiger partial charge in [0.05, 0.1) is 26.9 Å². The molecule has 0 atom stereocenters. The SMILES string of the molecule is COc1ccc(NC(=O)c2c(NC(=O)/C=C/c3ccc(OC)c(OC)c3)sc3c2CCC3)cc1. The number of carbonyl (C=O) groups is 2. The first-order valence-electron chi connectivity index (χ1n) is 10.8. The van der Waals surface area contributed by atoms with Crippen molar-refractivity contribution < 1.29 is 23.8 Å². The lowest BCUT2D eigenvalue weighted by Gasteiger charge is -2.09. The molecule has 0 spiro atoms. The average molecular weight is 479 g/mol. The van der Waals surface area contributed by atoms with Gasteiger partial charge < -0.3 is 24.8 Å². The second kappa shape index (κ2) is 10.4. The topological polar surface area (TPSA) is 85.9 Å². The number of nitrogens with one attached hydrogen (secondary N) is 2. The van der Waals surface area contributed by atoms with Crippen LogP contribution in [0.3, 0.4) is 0 Å². The lowest BCUT2D eigenvalue weighted by atomic mass is 10.1. The highest BCUT2D eigenvalue weighted by molar-refractivity contribution is 7.17. The van der Waals surface area contributed by atoms with Gasteiger partial charge in [0.1, 0.15) is 10.8 Å². The number of carbonyl (C=O) groups excluding carboxylic acids is 2. The molecule has 0 fully saturated rings. The summed E-state index contributed by atoms with van der Waals surface area (Å²) < 4.78 is 15.7. The van der Waals surface area contributed by atoms with Crippen LogP contribution in [0, 0.1) is 0 Å². The number of hydrogen-bond acceptors (Lipinski definition) is 6. The first-order chi connectivity index (χ1) is 16.5. The summed E-state index contributed by atoms with van der Waals surface area (Å²) in [7, 11) is 4.73. The molecular weight excluding hydrogens is 452 g/mol. The molecule has 0 radical (unpaired) electrons. The first kappa shape index (κ1) is 23.4. The average Bonchev–Trinajstić information content (AvgIpc) is 3.43. The van der Waals surface area contributed by atoms with E-state index in [0.717, 1.165) is 35.3 Å². The molecule has 3 aromatic rings. The number of methoxy groups -OCH3 is 3. The number of ether oxygens (including phenoxy) is 3. The molecule has 0 unspecified atom stereocenters. The van der Waals surface area contributed by atoms with E-state index in [9.17, 15) is 9.59 Å². The van der Waals surface area contributed by atoms with Gasteiger partial charge in [-0.15, -0.1) is 11.3 Å². The Balaban J connectivity index is 1.51. The fourth-order valence-corrected chi connectivity index (χ4v) is 5.17. The van der Waals surface area contributed by atoms with Crippen molar-refractivity contribution >= 4 is 39.9 Å². The van der Waals surface area contributed by atoms with Gasteiger partial charge in [-0.25, -0.2) is 0 Å². The molecule has 0 saturated carbocycles. The van der Waals surface area contributed by atoms with E-state index in [-0.39, 0.29) is 11.8 Å². The van der Waals surface area contributed by atoms with Gasteiger partial charge in [-0.2, -0.15) is 0 Å². The molecule has 1 aliphatic carbocycles. The summed E-state index contributed by atoms with van der Waals surface area (Å²) in [5.41, 5.74) is 3.02. The van der Waals surface area contributed by atoms with E-state index in [0.29, 0.717) is 33.5 Å². The van der Waals surface area contributed by atoms with Crippen molar-refractivity contribution in [3.63, 3.8) is 0 Å². The van der Waals surface area contributed by atoms with E-state index in [1.807, 2.05) is 6.07 Å². The fraction of sp³-hybridized carbons (Fsp3) is 0.231. The zero-order valence-corrected chi connectivity index (χ0v) is 20.1. The number of anilines is 2. The van der Waals surface area contributed by atoms with Crippen LogP contribution in [0.5, 0.6) is 17.2 Å². The van der Waals surface area contributed by atoms with Gasteiger partial charge in [0.2, 0.25) is 5.91 Å². The molecule has 2 N–H and O–H groups in total. The molecule has 1 heterocycles. The number of amides is 2. The van der Waals surface area contributed by atoms with Crippen molar-refractivity contribution in [1.29, 1.82) is 0 Å². The number of aryl methyl sites for hydroxylation is 1. The largest absolute Gasteiger partial charge is 0.497 e. The van der Waals surface area contributed by atoms with Crippen LogP contribution in [0.1, 0.15) is 32.8 Å². The summed E-state index contributed by atoms with van der Waals surface area (Å²) in [6.45, 7) is 0. The minimum atomic E-state index is -0.312. The van der Waals surface area contributed by atoms with Gasteiger partial charge in [0, 0.05) is 16.6 Å². The van der Waals surface area contributed by atoms with Gasteiger partial charge in [0.25, 0.3) is 5.91 Å². The first-order valence-corrected chi connectivity index (χ1v) is 11.6. The van der Waals surface area contributed by atoms with Crippen molar-refractivity contribution in [2.45, 2.75) is 19.3 Å². The van der Waals surface area contributed by atoms with Crippen LogP contribution in [0.2, 0.25) is 0 Å². The molecule has 7 nitrogen and oxygen atoms in total. The summed E-state index contributed by atoms with van der Waals surface area (Å²) in [6.07, 6.45) is 5.89. The van der Waals surface area contributed by atoms with Crippen molar-refractivity contribution in [1.82, 2.24) is 0 Å². The Labute approximate surface area is 202 Å². The Morgan fingerprint density at radius 1 is 0.912 bits per heavy atom. The van der Waals surface area contributed by atoms with Gasteiger partial charge >= 0.3 is 0 Å². The van der Waals surface area contributed by atoms with Crippen molar-refractivity contribution in [2.75, 3.05) is 32.0 Å². The highest BCUT2D eigenvalue weighted by Crippen LogP contribution is 2.39. The maximum atomic E-state index is 13.2. The van der Waals surface area contributed by atoms with Gasteiger partial charge in [-0.05, 0) is 72.9 Å². The second-order valence-corrected chi connectivity index (χ2v) is 8.79. The van der Waals surface area contributed by atoms with Crippen LogP contribution < -0.4 is 24.8 Å². The zero-order valence-electron chi connectivity index (χ0n) is 19.3. The molecule has 1 aromatic heterocycles. The summed E-state index contributed by atoms with van der Waals surface area (Å²) in [5, 5.41) is 6.41. The molecule has 0 aliphatic heterocycles. The van der Waals surface area contributed by atoms with E-state index in [1.54, 1.807) is 63.8 Å². The Morgan fingerprint density at radius 2 is 1.68 bits per heavy atom. The third-order valence-corrected chi connectivity index (χ3v) is 6.77. The monoisotopic (exact) mass is 478 g/mol. The van der Waals surface area contributed by atoms with Crippen LogP contribution in [-0.2, 0) is 17.6 Å². The van der Waals surface area contributed by atoms with Crippen LogP contribution in [0.4, 0.5) is 10.7 Å². The number of hydrogen-bond donors (Lipinski definition) is 2. The third kappa shape index (κ3) is 5.07. The fourth-order valence-electron chi connectivity index (χ4n) is 3.88. The van der Waals surface area contributed by atoms with E-state index < -0.39 is 0 Å². The maximum absolute atomic E-state index is 13.2. The summed E-state index contributed by atoms with van der Waals surface area (Å²) in [4.78, 5) is 27.0. The molecule has 1 aliphatic rings. The van der Waals surface area contributed by atoms with Crippen LogP contribution in [-0.4, -0.2) is 33.1 Å². The van der Waals surface area contributed by atoms with E-state index in [1.165, 1.54) is 17.4 Å². The molecule has 4 rings (SSSR count).